The predicted molar refractivity (Wildman–Crippen MR) is 123 cm³/mol. The van der Waals surface area contributed by atoms with Crippen molar-refractivity contribution in [2.24, 2.45) is 5.92 Å². The van der Waals surface area contributed by atoms with E-state index in [2.05, 4.69) is 4.90 Å². The Morgan fingerprint density at radius 3 is 1.80 bits per heavy atom. The van der Waals surface area contributed by atoms with Crippen LogP contribution >= 0.6 is 0 Å². The van der Waals surface area contributed by atoms with Gasteiger partial charge in [-0.3, -0.25) is 14.2 Å². The summed E-state index contributed by atoms with van der Waals surface area (Å²) < 4.78 is 1.58. The first-order valence-corrected chi connectivity index (χ1v) is 11.3. The molecule has 0 aliphatic carbocycles. The van der Waals surface area contributed by atoms with Gasteiger partial charge in [-0.05, 0) is 66.2 Å². The smallest absolute Gasteiger partial charge is 0.262 e. The van der Waals surface area contributed by atoms with E-state index in [0.717, 1.165) is 47.5 Å². The first kappa shape index (κ1) is 18.1. The molecule has 0 saturated carbocycles. The normalized spacial score (nSPS) is 22.7. The molecule has 2 aromatic heterocycles. The van der Waals surface area contributed by atoms with Gasteiger partial charge in [-0.15, -0.1) is 0 Å². The van der Waals surface area contributed by atoms with Gasteiger partial charge in [0.15, 0.2) is 0 Å². The van der Waals surface area contributed by atoms with Crippen LogP contribution in [0, 0.1) is 5.92 Å². The summed E-state index contributed by atoms with van der Waals surface area (Å²) in [5.74, 6) is 0.372. The third kappa shape index (κ3) is 2.56. The molecule has 7 rings (SSSR count). The molecule has 4 nitrogen and oxygen atoms in total. The minimum atomic E-state index is -0.125. The summed E-state index contributed by atoms with van der Waals surface area (Å²) in [5.41, 5.74) is -0.249. The summed E-state index contributed by atoms with van der Waals surface area (Å²) in [7, 11) is 0. The first-order chi connectivity index (χ1) is 14.7. The molecule has 2 atom stereocenters. The summed E-state index contributed by atoms with van der Waals surface area (Å²) >= 11 is 0. The molecule has 0 unspecified atom stereocenters. The zero-order valence-corrected chi connectivity index (χ0v) is 17.1. The molecule has 2 saturated heterocycles. The van der Waals surface area contributed by atoms with Crippen LogP contribution < -0.4 is 11.1 Å². The highest BCUT2D eigenvalue weighted by molar-refractivity contribution is 6.25. The summed E-state index contributed by atoms with van der Waals surface area (Å²) in [6.45, 7) is 2.86. The van der Waals surface area contributed by atoms with E-state index in [4.69, 9.17) is 0 Å². The molecule has 4 heterocycles. The van der Waals surface area contributed by atoms with Crippen LogP contribution in [-0.4, -0.2) is 28.6 Å². The van der Waals surface area contributed by atoms with Crippen LogP contribution in [-0.2, 0) is 6.54 Å². The molecule has 0 radical (unpaired) electrons. The lowest BCUT2D eigenvalue weighted by Crippen LogP contribution is -2.50. The number of aromatic nitrogens is 1. The Morgan fingerprint density at radius 2 is 1.23 bits per heavy atom. The minimum Gasteiger partial charge on any atom is -0.300 e. The number of nitrogens with zero attached hydrogens (tertiary/aromatic N) is 2. The van der Waals surface area contributed by atoms with Crippen molar-refractivity contribution in [3.05, 3.63) is 69.2 Å². The number of rotatable bonds is 2. The number of benzene rings is 3. The third-order valence-corrected chi connectivity index (χ3v) is 7.50. The van der Waals surface area contributed by atoms with Crippen LogP contribution in [0.25, 0.3) is 32.3 Å². The lowest BCUT2D eigenvalue weighted by molar-refractivity contribution is 0.0512. The number of piperidine rings is 2. The van der Waals surface area contributed by atoms with E-state index in [0.29, 0.717) is 29.3 Å². The van der Waals surface area contributed by atoms with E-state index in [1.54, 1.807) is 4.57 Å². The number of hydrogen-bond acceptors (Lipinski definition) is 3. The SMILES string of the molecule is O=c1c2c3ccccc3c(c(=O)n1C[C@H]1CCCN3CCCC[C@@H]13)c1ccccc12. The molecular weight excluding hydrogens is 372 g/mol. The van der Waals surface area contributed by atoms with Crippen LogP contribution in [0.2, 0.25) is 0 Å². The lowest BCUT2D eigenvalue weighted by Gasteiger charge is -2.44. The van der Waals surface area contributed by atoms with Crippen LogP contribution in [0.5, 0.6) is 0 Å². The maximum absolute atomic E-state index is 13.8. The molecular formula is C26H26N2O2. The molecule has 4 heteroatoms. The third-order valence-electron chi connectivity index (χ3n) is 7.50. The molecule has 0 spiro atoms. The van der Waals surface area contributed by atoms with Gasteiger partial charge in [0.1, 0.15) is 0 Å². The zero-order chi connectivity index (χ0) is 20.2. The van der Waals surface area contributed by atoms with Gasteiger partial charge in [0.05, 0.1) is 10.8 Å². The molecule has 2 bridgehead atoms. The maximum atomic E-state index is 13.8. The van der Waals surface area contributed by atoms with Gasteiger partial charge >= 0.3 is 0 Å². The van der Waals surface area contributed by atoms with E-state index in [1.165, 1.54) is 19.3 Å². The quantitative estimate of drug-likeness (QED) is 0.471. The van der Waals surface area contributed by atoms with Gasteiger partial charge < -0.3 is 4.90 Å². The molecule has 2 fully saturated rings. The van der Waals surface area contributed by atoms with Crippen molar-refractivity contribution < 1.29 is 0 Å². The molecule has 152 valence electrons. The van der Waals surface area contributed by atoms with Gasteiger partial charge in [0, 0.05) is 12.6 Å². The topological polar surface area (TPSA) is 42.3 Å². The monoisotopic (exact) mass is 398 g/mol. The zero-order valence-electron chi connectivity index (χ0n) is 17.1. The standard InChI is InChI=1S/C26H26N2O2/c29-25-23-18-9-1-2-10-19(18)24(21-12-4-3-11-20(21)23)26(30)28(25)16-17-8-7-15-27-14-6-5-13-22(17)27/h1-4,9-12,17,22H,5-8,13-16H2/t17-,22+/m1/s1. The number of fused-ring (bicyclic) bond motifs is 3. The van der Waals surface area contributed by atoms with Gasteiger partial charge in [-0.2, -0.15) is 0 Å². The largest absolute Gasteiger partial charge is 0.300 e. The Balaban J connectivity index is 1.63. The Kier molecular flexibility index (Phi) is 4.17. The van der Waals surface area contributed by atoms with E-state index >= 15 is 0 Å². The Morgan fingerprint density at radius 1 is 0.700 bits per heavy atom. The van der Waals surface area contributed by atoms with E-state index in [1.807, 2.05) is 48.5 Å². The first-order valence-electron chi connectivity index (χ1n) is 11.3. The number of hydrogen-bond donors (Lipinski definition) is 0. The highest BCUT2D eigenvalue weighted by Gasteiger charge is 2.34. The Hall–Kier alpha value is -2.72. The van der Waals surface area contributed by atoms with Crippen LogP contribution in [0.3, 0.4) is 0 Å². The van der Waals surface area contributed by atoms with Gasteiger partial charge in [-0.25, -0.2) is 0 Å². The molecule has 0 N–H and O–H groups in total. The van der Waals surface area contributed by atoms with Crippen molar-refractivity contribution in [3.63, 3.8) is 0 Å². The molecule has 5 aromatic rings. The van der Waals surface area contributed by atoms with Crippen molar-refractivity contribution in [3.8, 4) is 0 Å². The summed E-state index contributed by atoms with van der Waals surface area (Å²) in [5, 5.41) is 4.97. The second-order valence-corrected chi connectivity index (χ2v) is 9.06. The van der Waals surface area contributed by atoms with E-state index in [-0.39, 0.29) is 11.1 Å². The van der Waals surface area contributed by atoms with Gasteiger partial charge in [0.25, 0.3) is 11.1 Å². The van der Waals surface area contributed by atoms with Gasteiger partial charge in [0.2, 0.25) is 0 Å². The van der Waals surface area contributed by atoms with Crippen LogP contribution in [0.4, 0.5) is 0 Å². The molecule has 0 amide bonds. The van der Waals surface area contributed by atoms with Gasteiger partial charge in [-0.1, -0.05) is 55.0 Å². The average Bonchev–Trinajstić information content (AvgIpc) is 2.94. The van der Waals surface area contributed by atoms with Crippen LogP contribution in [0.15, 0.2) is 58.1 Å². The van der Waals surface area contributed by atoms with Crippen molar-refractivity contribution in [2.45, 2.75) is 44.7 Å². The predicted octanol–water partition coefficient (Wildman–Crippen LogP) is 4.37. The lowest BCUT2D eigenvalue weighted by atomic mass is 9.83. The van der Waals surface area contributed by atoms with Crippen molar-refractivity contribution in [2.75, 3.05) is 13.1 Å². The fraction of sp³-hybridized carbons (Fsp3) is 0.385. The summed E-state index contributed by atoms with van der Waals surface area (Å²) in [4.78, 5) is 30.2. The minimum absolute atomic E-state index is 0.125. The maximum Gasteiger partial charge on any atom is 0.262 e. The van der Waals surface area contributed by atoms with Crippen molar-refractivity contribution in [1.29, 1.82) is 0 Å². The van der Waals surface area contributed by atoms with Crippen molar-refractivity contribution in [1.82, 2.24) is 9.47 Å². The van der Waals surface area contributed by atoms with E-state index < -0.39 is 0 Å². The second kappa shape index (κ2) is 6.92. The van der Waals surface area contributed by atoms with E-state index in [9.17, 15) is 9.59 Å². The second-order valence-electron chi connectivity index (χ2n) is 9.06. The fourth-order valence-corrected chi connectivity index (χ4v) is 6.14. The Bertz CT molecular complexity index is 1230. The molecule has 2 aliphatic rings. The Labute approximate surface area is 175 Å². The summed E-state index contributed by atoms with van der Waals surface area (Å²) in [6.07, 6.45) is 5.97. The average molecular weight is 399 g/mol. The van der Waals surface area contributed by atoms with Crippen molar-refractivity contribution >= 4 is 32.3 Å². The molecule has 2 aliphatic heterocycles. The van der Waals surface area contributed by atoms with Crippen LogP contribution in [0.1, 0.15) is 32.1 Å². The fourth-order valence-electron chi connectivity index (χ4n) is 6.14. The highest BCUT2D eigenvalue weighted by Crippen LogP contribution is 2.34. The molecule has 30 heavy (non-hydrogen) atoms. The summed E-state index contributed by atoms with van der Waals surface area (Å²) in [6, 6.07) is 16.3. The molecule has 3 aromatic carbocycles. The highest BCUT2D eigenvalue weighted by atomic mass is 16.2.